The van der Waals surface area contributed by atoms with Crippen molar-refractivity contribution >= 4 is 22.9 Å². The van der Waals surface area contributed by atoms with Crippen molar-refractivity contribution in [1.82, 2.24) is 4.98 Å². The van der Waals surface area contributed by atoms with Gasteiger partial charge in [-0.3, -0.25) is 0 Å². The summed E-state index contributed by atoms with van der Waals surface area (Å²) >= 11 is 0. The largest absolute Gasteiger partial charge is 0.399 e. The quantitative estimate of drug-likeness (QED) is 0.604. The maximum absolute atomic E-state index is 5.86. The van der Waals surface area contributed by atoms with Gasteiger partial charge in [0.15, 0.2) is 0 Å². The molecule has 1 aliphatic heterocycles. The van der Waals surface area contributed by atoms with Crippen LogP contribution >= 0.6 is 0 Å². The third-order valence-electron chi connectivity index (χ3n) is 2.96. The lowest BCUT2D eigenvalue weighted by molar-refractivity contribution is 1.14. The lowest BCUT2D eigenvalue weighted by atomic mass is 10.1. The number of nitrogen functional groups attached to an aromatic ring is 1. The summed E-state index contributed by atoms with van der Waals surface area (Å²) in [5, 5.41) is 6.75. The highest BCUT2D eigenvalue weighted by molar-refractivity contribution is 5.82. The van der Waals surface area contributed by atoms with Gasteiger partial charge in [0.2, 0.25) is 0 Å². The molecule has 0 amide bonds. The Labute approximate surface area is 99.9 Å². The number of hydrogen-bond acceptors (Lipinski definition) is 4. The van der Waals surface area contributed by atoms with Crippen LogP contribution in [0.15, 0.2) is 30.5 Å². The van der Waals surface area contributed by atoms with Crippen molar-refractivity contribution in [3.63, 3.8) is 0 Å². The van der Waals surface area contributed by atoms with Crippen molar-refractivity contribution in [2.45, 2.75) is 13.5 Å². The second kappa shape index (κ2) is 3.66. The number of rotatable bonds is 0. The van der Waals surface area contributed by atoms with Gasteiger partial charge in [0.05, 0.1) is 11.4 Å². The van der Waals surface area contributed by atoms with E-state index in [4.69, 9.17) is 5.73 Å². The molecule has 17 heavy (non-hydrogen) atoms. The first-order valence-corrected chi connectivity index (χ1v) is 5.59. The molecule has 0 saturated carbocycles. The van der Waals surface area contributed by atoms with Crippen LogP contribution in [0.1, 0.15) is 11.1 Å². The zero-order chi connectivity index (χ0) is 11.8. The summed E-state index contributed by atoms with van der Waals surface area (Å²) < 4.78 is 0. The topological polar surface area (TPSA) is 63.0 Å². The van der Waals surface area contributed by atoms with Crippen LogP contribution in [0.3, 0.4) is 0 Å². The van der Waals surface area contributed by atoms with Gasteiger partial charge in [0, 0.05) is 24.0 Å². The van der Waals surface area contributed by atoms with E-state index in [1.165, 1.54) is 0 Å². The number of aromatic nitrogens is 1. The number of hydrogen-bond donors (Lipinski definition) is 3. The second-order valence-corrected chi connectivity index (χ2v) is 4.25. The minimum absolute atomic E-state index is 0.756. The highest BCUT2D eigenvalue weighted by Gasteiger charge is 2.14. The van der Waals surface area contributed by atoms with E-state index in [2.05, 4.69) is 21.7 Å². The number of anilines is 4. The van der Waals surface area contributed by atoms with Crippen LogP contribution < -0.4 is 16.4 Å². The second-order valence-electron chi connectivity index (χ2n) is 4.25. The predicted octanol–water partition coefficient (Wildman–Crippen LogP) is 2.64. The van der Waals surface area contributed by atoms with E-state index >= 15 is 0 Å². The third-order valence-corrected chi connectivity index (χ3v) is 2.96. The molecule has 1 aromatic carbocycles. The van der Waals surface area contributed by atoms with Gasteiger partial charge in [0.25, 0.3) is 0 Å². The summed E-state index contributed by atoms with van der Waals surface area (Å²) in [5.41, 5.74) is 11.0. The molecule has 3 rings (SSSR count). The molecule has 4 nitrogen and oxygen atoms in total. The van der Waals surface area contributed by atoms with Gasteiger partial charge in [-0.25, -0.2) is 4.98 Å². The number of pyridine rings is 1. The van der Waals surface area contributed by atoms with Gasteiger partial charge in [-0.1, -0.05) is 6.07 Å². The average molecular weight is 226 g/mol. The first-order valence-electron chi connectivity index (χ1n) is 5.59. The lowest BCUT2D eigenvalue weighted by Crippen LogP contribution is -1.99. The summed E-state index contributed by atoms with van der Waals surface area (Å²) in [6.07, 6.45) is 1.80. The van der Waals surface area contributed by atoms with Gasteiger partial charge < -0.3 is 16.4 Å². The molecule has 0 fully saturated rings. The fourth-order valence-corrected chi connectivity index (χ4v) is 2.12. The summed E-state index contributed by atoms with van der Waals surface area (Å²) in [5.74, 6) is 0.909. The predicted molar refractivity (Wildman–Crippen MR) is 70.4 cm³/mol. The summed E-state index contributed by atoms with van der Waals surface area (Å²) in [6.45, 7) is 2.80. The molecule has 4 N–H and O–H groups in total. The van der Waals surface area contributed by atoms with Crippen LogP contribution in [-0.4, -0.2) is 4.98 Å². The highest BCUT2D eigenvalue weighted by Crippen LogP contribution is 2.34. The first-order chi connectivity index (χ1) is 8.24. The van der Waals surface area contributed by atoms with Gasteiger partial charge in [-0.15, -0.1) is 0 Å². The Bertz CT molecular complexity index is 578. The number of benzene rings is 1. The standard InChI is InChI=1S/C13H14N4/c1-8-5-10(14)6-11-12(8)17-13-9(7-16-11)3-2-4-15-13/h2-6,16H,7,14H2,1H3,(H,15,17). The SMILES string of the molecule is Cc1cc(N)cc2c1Nc1ncccc1CN2. The van der Waals surface area contributed by atoms with E-state index < -0.39 is 0 Å². The summed E-state index contributed by atoms with van der Waals surface area (Å²) in [4.78, 5) is 4.36. The molecule has 0 spiro atoms. The van der Waals surface area contributed by atoms with E-state index in [-0.39, 0.29) is 0 Å². The first kappa shape index (κ1) is 9.96. The fourth-order valence-electron chi connectivity index (χ4n) is 2.12. The van der Waals surface area contributed by atoms with Crippen LogP contribution in [-0.2, 0) is 6.54 Å². The van der Waals surface area contributed by atoms with Gasteiger partial charge in [-0.2, -0.15) is 0 Å². The van der Waals surface area contributed by atoms with E-state index in [0.717, 1.165) is 40.6 Å². The summed E-state index contributed by atoms with van der Waals surface area (Å²) in [7, 11) is 0. The zero-order valence-electron chi connectivity index (χ0n) is 9.62. The minimum atomic E-state index is 0.756. The highest BCUT2D eigenvalue weighted by atomic mass is 15.1. The number of fused-ring (bicyclic) bond motifs is 2. The average Bonchev–Trinajstić information content (AvgIpc) is 2.49. The van der Waals surface area contributed by atoms with Crippen LogP contribution in [0.25, 0.3) is 0 Å². The van der Waals surface area contributed by atoms with E-state index in [1.807, 2.05) is 25.1 Å². The van der Waals surface area contributed by atoms with E-state index in [9.17, 15) is 0 Å². The Morgan fingerprint density at radius 1 is 1.35 bits per heavy atom. The molecule has 86 valence electrons. The Balaban J connectivity index is 2.14. The molecule has 1 aliphatic rings. The van der Waals surface area contributed by atoms with Crippen LogP contribution in [0.5, 0.6) is 0 Å². The van der Waals surface area contributed by atoms with E-state index in [0.29, 0.717) is 0 Å². The lowest BCUT2D eigenvalue weighted by Gasteiger charge is -2.12. The smallest absolute Gasteiger partial charge is 0.135 e. The molecule has 4 heteroatoms. The van der Waals surface area contributed by atoms with Crippen molar-refractivity contribution in [3.8, 4) is 0 Å². The molecule has 2 aromatic rings. The van der Waals surface area contributed by atoms with Gasteiger partial charge >= 0.3 is 0 Å². The van der Waals surface area contributed by atoms with Crippen LogP contribution in [0.4, 0.5) is 22.9 Å². The summed E-state index contributed by atoms with van der Waals surface area (Å²) in [6, 6.07) is 7.91. The Kier molecular flexibility index (Phi) is 2.14. The molecule has 0 aliphatic carbocycles. The van der Waals surface area contributed by atoms with Crippen molar-refractivity contribution in [3.05, 3.63) is 41.6 Å². The third kappa shape index (κ3) is 1.67. The molecular formula is C13H14N4. The zero-order valence-corrected chi connectivity index (χ0v) is 9.62. The monoisotopic (exact) mass is 226 g/mol. The normalized spacial score (nSPS) is 12.8. The number of nitrogens with two attached hydrogens (primary N) is 1. The molecule has 0 atom stereocenters. The maximum atomic E-state index is 5.86. The van der Waals surface area contributed by atoms with Crippen LogP contribution in [0, 0.1) is 6.92 Å². The number of nitrogens with one attached hydrogen (secondary N) is 2. The Hall–Kier alpha value is -2.23. The minimum Gasteiger partial charge on any atom is -0.399 e. The molecular weight excluding hydrogens is 212 g/mol. The molecule has 0 unspecified atom stereocenters. The molecule has 0 radical (unpaired) electrons. The molecule has 1 aromatic heterocycles. The number of nitrogens with zero attached hydrogens (tertiary/aromatic N) is 1. The Morgan fingerprint density at radius 3 is 3.12 bits per heavy atom. The van der Waals surface area contributed by atoms with Crippen molar-refractivity contribution in [2.24, 2.45) is 0 Å². The van der Waals surface area contributed by atoms with Crippen molar-refractivity contribution in [1.29, 1.82) is 0 Å². The van der Waals surface area contributed by atoms with Crippen molar-refractivity contribution in [2.75, 3.05) is 16.4 Å². The number of aryl methyl sites for hydroxylation is 1. The fraction of sp³-hybridized carbons (Fsp3) is 0.154. The molecule has 0 bridgehead atoms. The van der Waals surface area contributed by atoms with Crippen molar-refractivity contribution < 1.29 is 0 Å². The van der Waals surface area contributed by atoms with Crippen LogP contribution in [0.2, 0.25) is 0 Å². The van der Waals surface area contributed by atoms with Gasteiger partial charge in [-0.05, 0) is 30.7 Å². The van der Waals surface area contributed by atoms with E-state index in [1.54, 1.807) is 6.20 Å². The van der Waals surface area contributed by atoms with Gasteiger partial charge in [0.1, 0.15) is 5.82 Å². The molecule has 2 heterocycles. The maximum Gasteiger partial charge on any atom is 0.135 e. The Morgan fingerprint density at radius 2 is 2.24 bits per heavy atom. The molecule has 0 saturated heterocycles.